The summed E-state index contributed by atoms with van der Waals surface area (Å²) >= 11 is 1.45. The van der Waals surface area contributed by atoms with Gasteiger partial charge in [-0.2, -0.15) is 0 Å². The van der Waals surface area contributed by atoms with E-state index in [9.17, 15) is 19.5 Å². The van der Waals surface area contributed by atoms with Crippen molar-refractivity contribution in [2.45, 2.75) is 57.8 Å². The molecule has 0 radical (unpaired) electrons. The third kappa shape index (κ3) is 3.26. The van der Waals surface area contributed by atoms with E-state index in [4.69, 9.17) is 5.73 Å². The van der Waals surface area contributed by atoms with Crippen molar-refractivity contribution in [3.05, 3.63) is 16.0 Å². The van der Waals surface area contributed by atoms with Gasteiger partial charge in [-0.1, -0.05) is 6.42 Å². The van der Waals surface area contributed by atoms with Crippen molar-refractivity contribution in [2.24, 2.45) is 29.4 Å². The van der Waals surface area contributed by atoms with Crippen LogP contribution in [-0.2, 0) is 22.4 Å². The van der Waals surface area contributed by atoms with Crippen LogP contribution in [-0.4, -0.2) is 22.9 Å². The number of hydrogen-bond donors (Lipinski definition) is 3. The van der Waals surface area contributed by atoms with E-state index >= 15 is 0 Å². The number of carboxylic acids is 1. The van der Waals surface area contributed by atoms with E-state index in [0.29, 0.717) is 10.6 Å². The quantitative estimate of drug-likeness (QED) is 0.686. The maximum absolute atomic E-state index is 13.1. The molecule has 4 N–H and O–H groups in total. The highest BCUT2D eigenvalue weighted by Gasteiger charge is 2.50. The number of anilines is 1. The number of aliphatic carboxylic acids is 1. The van der Waals surface area contributed by atoms with Gasteiger partial charge < -0.3 is 16.2 Å². The minimum absolute atomic E-state index is 0.0823. The summed E-state index contributed by atoms with van der Waals surface area (Å²) in [5.74, 6) is -2.57. The normalized spacial score (nSPS) is 29.6. The summed E-state index contributed by atoms with van der Waals surface area (Å²) < 4.78 is 0. The van der Waals surface area contributed by atoms with Crippen LogP contribution in [0.5, 0.6) is 0 Å². The van der Waals surface area contributed by atoms with Crippen LogP contribution < -0.4 is 11.1 Å². The lowest BCUT2D eigenvalue weighted by molar-refractivity contribution is -0.156. The van der Waals surface area contributed by atoms with Crippen molar-refractivity contribution in [1.29, 1.82) is 0 Å². The minimum Gasteiger partial charge on any atom is -0.481 e. The Morgan fingerprint density at radius 2 is 1.59 bits per heavy atom. The van der Waals surface area contributed by atoms with Crippen LogP contribution in [0.4, 0.5) is 5.00 Å². The topological polar surface area (TPSA) is 109 Å². The van der Waals surface area contributed by atoms with Gasteiger partial charge >= 0.3 is 5.97 Å². The number of fused-ring (bicyclic) bond motifs is 4. The molecule has 2 atom stereocenters. The number of nitrogens with two attached hydrogens (primary N) is 1. The van der Waals surface area contributed by atoms with Gasteiger partial charge in [-0.25, -0.2) is 0 Å². The van der Waals surface area contributed by atoms with E-state index in [2.05, 4.69) is 5.32 Å². The number of carbonyl (C=O) groups excluding carboxylic acids is 2. The fourth-order valence-corrected chi connectivity index (χ4v) is 6.77. The van der Waals surface area contributed by atoms with Crippen LogP contribution in [0.3, 0.4) is 0 Å². The predicted molar refractivity (Wildman–Crippen MR) is 103 cm³/mol. The smallest absolute Gasteiger partial charge is 0.307 e. The molecule has 1 aromatic rings. The van der Waals surface area contributed by atoms with Crippen molar-refractivity contribution >= 4 is 34.1 Å². The first kappa shape index (κ1) is 18.5. The Bertz CT molecular complexity index is 779. The molecule has 5 rings (SSSR count). The molecule has 7 heteroatoms. The molecule has 0 spiro atoms. The molecule has 27 heavy (non-hydrogen) atoms. The summed E-state index contributed by atoms with van der Waals surface area (Å²) in [7, 11) is 0. The molecule has 6 nitrogen and oxygen atoms in total. The summed E-state index contributed by atoms with van der Waals surface area (Å²) in [5, 5.41) is 13.1. The summed E-state index contributed by atoms with van der Waals surface area (Å²) in [6, 6.07) is 0. The molecule has 4 aliphatic carbocycles. The Morgan fingerprint density at radius 1 is 0.963 bits per heavy atom. The maximum atomic E-state index is 13.1. The van der Waals surface area contributed by atoms with Crippen molar-refractivity contribution in [1.82, 2.24) is 0 Å². The van der Waals surface area contributed by atoms with Gasteiger partial charge in [0.2, 0.25) is 5.91 Å². The first-order valence-electron chi connectivity index (χ1n) is 9.95. The van der Waals surface area contributed by atoms with Crippen molar-refractivity contribution in [2.75, 3.05) is 5.32 Å². The minimum atomic E-state index is -0.873. The highest BCUT2D eigenvalue weighted by molar-refractivity contribution is 7.17. The lowest BCUT2D eigenvalue weighted by Gasteiger charge is -2.45. The number of thiophene rings is 1. The monoisotopic (exact) mass is 390 g/mol. The maximum Gasteiger partial charge on any atom is 0.307 e. The summed E-state index contributed by atoms with van der Waals surface area (Å²) in [6.07, 6.45) is 8.56. The molecule has 3 saturated carbocycles. The van der Waals surface area contributed by atoms with Gasteiger partial charge in [-0.3, -0.25) is 14.4 Å². The fourth-order valence-electron chi connectivity index (χ4n) is 5.47. The van der Waals surface area contributed by atoms with Gasteiger partial charge in [0.05, 0.1) is 17.4 Å². The Labute approximate surface area is 162 Å². The number of carbonyl (C=O) groups is 3. The average Bonchev–Trinajstić information content (AvgIpc) is 2.82. The Hall–Kier alpha value is -1.89. The zero-order valence-corrected chi connectivity index (χ0v) is 16.1. The second-order valence-corrected chi connectivity index (χ2v) is 9.29. The largest absolute Gasteiger partial charge is 0.481 e. The van der Waals surface area contributed by atoms with Crippen LogP contribution >= 0.6 is 11.3 Å². The number of primary amides is 1. The third-order valence-corrected chi connectivity index (χ3v) is 7.92. The van der Waals surface area contributed by atoms with E-state index in [1.165, 1.54) is 11.3 Å². The molecule has 0 saturated heterocycles. The zero-order valence-electron chi connectivity index (χ0n) is 15.3. The van der Waals surface area contributed by atoms with Crippen LogP contribution in [0.1, 0.15) is 65.7 Å². The Kier molecular flexibility index (Phi) is 4.97. The molecular formula is C20H26N2O4S. The second kappa shape index (κ2) is 7.26. The van der Waals surface area contributed by atoms with Gasteiger partial charge in [0.25, 0.3) is 5.91 Å². The lowest BCUT2D eigenvalue weighted by Crippen LogP contribution is -2.49. The Balaban J connectivity index is 1.63. The SMILES string of the molecule is NC(=O)c1c(NC(=O)[C@H]2C3CCC(CC3)[C@H]2C(=O)O)sc2c1CCCCC2. The zero-order chi connectivity index (χ0) is 19.1. The number of carboxylic acid groups (broad SMARTS) is 1. The fraction of sp³-hybridized carbons (Fsp3) is 0.650. The molecule has 4 aliphatic rings. The summed E-state index contributed by atoms with van der Waals surface area (Å²) in [5.41, 5.74) is 7.08. The van der Waals surface area contributed by atoms with Gasteiger partial charge in [-0.15, -0.1) is 11.3 Å². The van der Waals surface area contributed by atoms with Crippen molar-refractivity contribution in [3.63, 3.8) is 0 Å². The van der Waals surface area contributed by atoms with Gasteiger partial charge in [-0.05, 0) is 68.8 Å². The van der Waals surface area contributed by atoms with Gasteiger partial charge in [0.1, 0.15) is 5.00 Å². The summed E-state index contributed by atoms with van der Waals surface area (Å²) in [4.78, 5) is 38.2. The number of nitrogens with one attached hydrogen (secondary N) is 1. The highest BCUT2D eigenvalue weighted by atomic mass is 32.1. The average molecular weight is 391 g/mol. The highest BCUT2D eigenvalue weighted by Crippen LogP contribution is 2.49. The first-order valence-corrected chi connectivity index (χ1v) is 10.8. The van der Waals surface area contributed by atoms with Crippen molar-refractivity contribution in [3.8, 4) is 0 Å². The summed E-state index contributed by atoms with van der Waals surface area (Å²) in [6.45, 7) is 0. The molecule has 2 bridgehead atoms. The van der Waals surface area contributed by atoms with Gasteiger partial charge in [0.15, 0.2) is 0 Å². The molecule has 1 heterocycles. The number of aryl methyl sites for hydroxylation is 1. The molecule has 3 fully saturated rings. The van der Waals surface area contributed by atoms with Gasteiger partial charge in [0, 0.05) is 4.88 Å². The molecule has 0 aromatic carbocycles. The van der Waals surface area contributed by atoms with Crippen LogP contribution in [0.2, 0.25) is 0 Å². The molecule has 1 aromatic heterocycles. The third-order valence-electron chi connectivity index (χ3n) is 6.71. The van der Waals surface area contributed by atoms with E-state index in [1.54, 1.807) is 0 Å². The molecular weight excluding hydrogens is 364 g/mol. The van der Waals surface area contributed by atoms with E-state index in [1.807, 2.05) is 0 Å². The standard InChI is InChI=1S/C20H26N2O4S/c21-17(23)16-12-4-2-1-3-5-13(12)27-19(16)22-18(24)14-10-6-8-11(9-7-10)15(14)20(25)26/h10-11,14-15H,1-9H2,(H2,21,23)(H,22,24)(H,25,26)/t10?,11?,14-,15+/m0/s1. The van der Waals surface area contributed by atoms with Crippen molar-refractivity contribution < 1.29 is 19.5 Å². The molecule has 146 valence electrons. The van der Waals surface area contributed by atoms with Crippen LogP contribution in [0, 0.1) is 23.7 Å². The number of hydrogen-bond acceptors (Lipinski definition) is 4. The number of rotatable bonds is 4. The van der Waals surface area contributed by atoms with E-state index in [-0.39, 0.29) is 17.7 Å². The predicted octanol–water partition coefficient (Wildman–Crippen LogP) is 3.19. The molecule has 0 unspecified atom stereocenters. The first-order chi connectivity index (χ1) is 13.0. The molecule has 0 aliphatic heterocycles. The lowest BCUT2D eigenvalue weighted by atomic mass is 9.58. The van der Waals surface area contributed by atoms with E-state index < -0.39 is 23.7 Å². The van der Waals surface area contributed by atoms with Crippen LogP contribution in [0.25, 0.3) is 0 Å². The van der Waals surface area contributed by atoms with Crippen LogP contribution in [0.15, 0.2) is 0 Å². The number of amides is 2. The second-order valence-electron chi connectivity index (χ2n) is 8.19. The van der Waals surface area contributed by atoms with E-state index in [0.717, 1.165) is 68.2 Å². The molecule has 2 amide bonds. The Morgan fingerprint density at radius 3 is 2.22 bits per heavy atom.